The Balaban J connectivity index is 1.65. The SMILES string of the molecule is O=C1S/C(=C\c2ccc(-c3cccc(Cl)c3Cl)o2)C(=O)N1c1ccccc1Cl. The van der Waals surface area contributed by atoms with Gasteiger partial charge in [-0.05, 0) is 48.2 Å². The first-order chi connectivity index (χ1) is 13.5. The zero-order valence-electron chi connectivity index (χ0n) is 14.0. The maximum absolute atomic E-state index is 12.7. The van der Waals surface area contributed by atoms with Crippen molar-refractivity contribution in [3.63, 3.8) is 0 Å². The summed E-state index contributed by atoms with van der Waals surface area (Å²) >= 11 is 19.2. The molecule has 1 aromatic heterocycles. The molecular weight excluding hydrogens is 441 g/mol. The van der Waals surface area contributed by atoms with Crippen molar-refractivity contribution in [3.8, 4) is 11.3 Å². The molecular formula is C20H10Cl3NO3S. The van der Waals surface area contributed by atoms with Crippen LogP contribution in [0.25, 0.3) is 17.4 Å². The first-order valence-corrected chi connectivity index (χ1v) is 9.97. The summed E-state index contributed by atoms with van der Waals surface area (Å²) in [6.45, 7) is 0. The highest BCUT2D eigenvalue weighted by atomic mass is 35.5. The molecule has 0 atom stereocenters. The highest BCUT2D eigenvalue weighted by Gasteiger charge is 2.37. The fourth-order valence-electron chi connectivity index (χ4n) is 2.71. The number of hydrogen-bond donors (Lipinski definition) is 0. The second-order valence-electron chi connectivity index (χ2n) is 5.77. The Kier molecular flexibility index (Phi) is 5.25. The van der Waals surface area contributed by atoms with Crippen LogP contribution in [0.4, 0.5) is 10.5 Å². The topological polar surface area (TPSA) is 50.5 Å². The van der Waals surface area contributed by atoms with Crippen LogP contribution in [-0.2, 0) is 4.79 Å². The van der Waals surface area contributed by atoms with Crippen molar-refractivity contribution in [3.05, 3.63) is 80.3 Å². The van der Waals surface area contributed by atoms with Gasteiger partial charge in [0, 0.05) is 11.6 Å². The van der Waals surface area contributed by atoms with E-state index in [1.807, 2.05) is 0 Å². The van der Waals surface area contributed by atoms with Crippen LogP contribution in [0, 0.1) is 0 Å². The first-order valence-electron chi connectivity index (χ1n) is 8.02. The number of nitrogens with zero attached hydrogens (tertiary/aromatic N) is 1. The van der Waals surface area contributed by atoms with Crippen LogP contribution in [0.5, 0.6) is 0 Å². The second kappa shape index (κ2) is 7.68. The van der Waals surface area contributed by atoms with E-state index in [1.165, 1.54) is 6.08 Å². The van der Waals surface area contributed by atoms with Crippen molar-refractivity contribution in [1.82, 2.24) is 0 Å². The number of para-hydroxylation sites is 1. The molecule has 1 aliphatic rings. The van der Waals surface area contributed by atoms with Gasteiger partial charge in [-0.15, -0.1) is 0 Å². The molecule has 0 aliphatic carbocycles. The van der Waals surface area contributed by atoms with Crippen molar-refractivity contribution >= 4 is 69.5 Å². The van der Waals surface area contributed by atoms with Crippen LogP contribution in [0.3, 0.4) is 0 Å². The molecule has 0 saturated carbocycles. The Morgan fingerprint density at radius 3 is 2.43 bits per heavy atom. The predicted octanol–water partition coefficient (Wildman–Crippen LogP) is 7.15. The van der Waals surface area contributed by atoms with E-state index in [9.17, 15) is 9.59 Å². The lowest BCUT2D eigenvalue weighted by Crippen LogP contribution is -2.27. The van der Waals surface area contributed by atoms with Gasteiger partial charge in [0.25, 0.3) is 11.1 Å². The summed E-state index contributed by atoms with van der Waals surface area (Å²) in [5.74, 6) is 0.460. The molecule has 4 rings (SSSR count). The molecule has 1 saturated heterocycles. The highest BCUT2D eigenvalue weighted by molar-refractivity contribution is 8.19. The van der Waals surface area contributed by atoms with E-state index < -0.39 is 11.1 Å². The summed E-state index contributed by atoms with van der Waals surface area (Å²) in [7, 11) is 0. The number of thioether (sulfide) groups is 1. The maximum atomic E-state index is 12.7. The van der Waals surface area contributed by atoms with Crippen molar-refractivity contribution in [2.75, 3.05) is 4.90 Å². The Morgan fingerprint density at radius 1 is 0.893 bits per heavy atom. The number of amides is 2. The lowest BCUT2D eigenvalue weighted by atomic mass is 10.2. The number of anilines is 1. The fourth-order valence-corrected chi connectivity index (χ4v) is 4.14. The third-order valence-corrected chi connectivity index (χ3v) is 6.01. The molecule has 0 radical (unpaired) electrons. The molecule has 2 heterocycles. The van der Waals surface area contributed by atoms with Crippen molar-refractivity contribution in [2.45, 2.75) is 0 Å². The molecule has 0 spiro atoms. The van der Waals surface area contributed by atoms with E-state index in [1.54, 1.807) is 54.6 Å². The molecule has 0 unspecified atom stereocenters. The van der Waals surface area contributed by atoms with E-state index in [2.05, 4.69) is 0 Å². The van der Waals surface area contributed by atoms with E-state index >= 15 is 0 Å². The van der Waals surface area contributed by atoms with Crippen LogP contribution < -0.4 is 4.90 Å². The number of halogens is 3. The van der Waals surface area contributed by atoms with Crippen molar-refractivity contribution in [1.29, 1.82) is 0 Å². The second-order valence-corrected chi connectivity index (χ2v) is 7.96. The molecule has 1 fully saturated rings. The minimum atomic E-state index is -0.457. The van der Waals surface area contributed by atoms with Gasteiger partial charge < -0.3 is 4.42 Å². The van der Waals surface area contributed by atoms with Crippen LogP contribution >= 0.6 is 46.6 Å². The summed E-state index contributed by atoms with van der Waals surface area (Å²) in [5.41, 5.74) is 0.985. The van der Waals surface area contributed by atoms with Gasteiger partial charge >= 0.3 is 0 Å². The highest BCUT2D eigenvalue weighted by Crippen LogP contribution is 2.39. The summed E-state index contributed by atoms with van der Waals surface area (Å²) < 4.78 is 5.77. The number of imide groups is 1. The Labute approximate surface area is 179 Å². The molecule has 0 bridgehead atoms. The van der Waals surface area contributed by atoms with Crippen LogP contribution in [0.15, 0.2) is 63.9 Å². The largest absolute Gasteiger partial charge is 0.457 e. The number of hydrogen-bond acceptors (Lipinski definition) is 4. The van der Waals surface area contributed by atoms with E-state index in [4.69, 9.17) is 39.2 Å². The minimum Gasteiger partial charge on any atom is -0.457 e. The number of rotatable bonds is 3. The van der Waals surface area contributed by atoms with Gasteiger partial charge in [-0.1, -0.05) is 53.0 Å². The van der Waals surface area contributed by atoms with Gasteiger partial charge in [-0.3, -0.25) is 9.59 Å². The zero-order chi connectivity index (χ0) is 19.8. The standard InChI is InChI=1S/C20H10Cl3NO3S/c21-13-5-1-2-7-15(13)24-19(25)17(28-20(24)26)10-11-8-9-16(27-11)12-4-3-6-14(22)18(12)23/h1-10H/b17-10-. The summed E-state index contributed by atoms with van der Waals surface area (Å²) in [4.78, 5) is 26.4. The van der Waals surface area contributed by atoms with Gasteiger partial charge in [0.15, 0.2) is 0 Å². The lowest BCUT2D eigenvalue weighted by Gasteiger charge is -2.13. The van der Waals surface area contributed by atoms with Gasteiger partial charge in [-0.2, -0.15) is 0 Å². The number of furan rings is 1. The molecule has 4 nitrogen and oxygen atoms in total. The van der Waals surface area contributed by atoms with E-state index in [0.29, 0.717) is 37.8 Å². The summed E-state index contributed by atoms with van der Waals surface area (Å²) in [6, 6.07) is 15.3. The van der Waals surface area contributed by atoms with Crippen molar-refractivity contribution < 1.29 is 14.0 Å². The van der Waals surface area contributed by atoms with Crippen LogP contribution in [0.1, 0.15) is 5.76 Å². The molecule has 2 amide bonds. The number of carbonyl (C=O) groups excluding carboxylic acids is 2. The van der Waals surface area contributed by atoms with Gasteiger partial charge in [-0.25, -0.2) is 4.90 Å². The quantitative estimate of drug-likeness (QED) is 0.398. The first kappa shape index (κ1) is 19.2. The monoisotopic (exact) mass is 449 g/mol. The smallest absolute Gasteiger partial charge is 0.298 e. The molecule has 1 aliphatic heterocycles. The molecule has 3 aromatic rings. The molecule has 8 heteroatoms. The minimum absolute atomic E-state index is 0.239. The number of benzene rings is 2. The molecule has 0 N–H and O–H groups in total. The molecule has 2 aromatic carbocycles. The van der Waals surface area contributed by atoms with E-state index in [0.717, 1.165) is 16.7 Å². The van der Waals surface area contributed by atoms with Gasteiger partial charge in [0.2, 0.25) is 0 Å². The summed E-state index contributed by atoms with van der Waals surface area (Å²) in [6.07, 6.45) is 1.52. The Bertz CT molecular complexity index is 1140. The lowest BCUT2D eigenvalue weighted by molar-refractivity contribution is -0.113. The van der Waals surface area contributed by atoms with Crippen LogP contribution in [-0.4, -0.2) is 11.1 Å². The Hall–Kier alpha value is -2.18. The average Bonchev–Trinajstić information content (AvgIpc) is 3.23. The Morgan fingerprint density at radius 2 is 1.64 bits per heavy atom. The van der Waals surface area contributed by atoms with Crippen molar-refractivity contribution in [2.24, 2.45) is 0 Å². The third-order valence-electron chi connectivity index (χ3n) is 4.00. The molecule has 28 heavy (non-hydrogen) atoms. The fraction of sp³-hybridized carbons (Fsp3) is 0. The zero-order valence-corrected chi connectivity index (χ0v) is 17.1. The third kappa shape index (κ3) is 3.47. The van der Waals surface area contributed by atoms with Gasteiger partial charge in [0.1, 0.15) is 11.5 Å². The average molecular weight is 451 g/mol. The predicted molar refractivity (Wildman–Crippen MR) is 114 cm³/mol. The molecule has 140 valence electrons. The maximum Gasteiger partial charge on any atom is 0.298 e. The van der Waals surface area contributed by atoms with E-state index in [-0.39, 0.29) is 4.91 Å². The normalized spacial score (nSPS) is 15.7. The van der Waals surface area contributed by atoms with Gasteiger partial charge in [0.05, 0.1) is 25.7 Å². The summed E-state index contributed by atoms with van der Waals surface area (Å²) in [5, 5.41) is 0.693. The number of carbonyl (C=O) groups is 2. The van der Waals surface area contributed by atoms with Crippen LogP contribution in [0.2, 0.25) is 15.1 Å².